The molecule has 0 amide bonds. The Morgan fingerprint density at radius 1 is 0.488 bits per heavy atom. The van der Waals surface area contributed by atoms with E-state index >= 15 is 0 Å². The Balaban J connectivity index is 0.870. The van der Waals surface area contributed by atoms with Crippen molar-refractivity contribution in [1.29, 1.82) is 0 Å². The molecule has 0 spiro atoms. The number of hydrogen-bond acceptors (Lipinski definition) is 4. The summed E-state index contributed by atoms with van der Waals surface area (Å²) in [5.74, 6) is 10.4. The Hall–Kier alpha value is -0.130. The largest absolute Gasteiger partial charge is 0.400 e. The lowest BCUT2D eigenvalue weighted by Crippen LogP contribution is -2.52. The summed E-state index contributed by atoms with van der Waals surface area (Å²) in [7, 11) is -3.98. The fourth-order valence-corrected chi connectivity index (χ4v) is 15.9. The molecule has 43 heavy (non-hydrogen) atoms. The van der Waals surface area contributed by atoms with E-state index in [0.717, 1.165) is 97.7 Å². The van der Waals surface area contributed by atoms with Crippen LogP contribution in [0.2, 0.25) is 0 Å². The van der Waals surface area contributed by atoms with Crippen LogP contribution in [0.25, 0.3) is 0 Å². The van der Waals surface area contributed by atoms with Gasteiger partial charge in [0, 0.05) is 0 Å². The zero-order chi connectivity index (χ0) is 29.7. The maximum Gasteiger partial charge on any atom is 0.400 e. The van der Waals surface area contributed by atoms with Crippen molar-refractivity contribution in [3.05, 3.63) is 0 Å². The lowest BCUT2D eigenvalue weighted by atomic mass is 9.47. The molecule has 0 unspecified atom stereocenters. The molecule has 0 aliphatic heterocycles. The van der Waals surface area contributed by atoms with Crippen LogP contribution in [0.5, 0.6) is 0 Å². The van der Waals surface area contributed by atoms with Gasteiger partial charge in [-0.3, -0.25) is 0 Å². The number of rotatable bonds is 4. The van der Waals surface area contributed by atoms with Crippen molar-refractivity contribution in [2.24, 2.45) is 81.8 Å². The molecule has 8 saturated carbocycles. The van der Waals surface area contributed by atoms with Gasteiger partial charge in [-0.1, -0.05) is 40.5 Å². The molecule has 4 nitrogen and oxygen atoms in total. The van der Waals surface area contributed by atoms with E-state index in [1.54, 1.807) is 0 Å². The first kappa shape index (κ1) is 30.2. The van der Waals surface area contributed by atoms with Crippen molar-refractivity contribution in [3.63, 3.8) is 0 Å². The van der Waals surface area contributed by atoms with Crippen molar-refractivity contribution < 1.29 is 16.8 Å². The van der Waals surface area contributed by atoms with E-state index in [0.29, 0.717) is 22.7 Å². The Bertz CT molecular complexity index is 1070. The molecule has 8 rings (SSSR count). The van der Waals surface area contributed by atoms with Crippen molar-refractivity contribution in [2.75, 3.05) is 0 Å². The van der Waals surface area contributed by atoms with Crippen molar-refractivity contribution in [1.82, 2.24) is 0 Å². The van der Waals surface area contributed by atoms with Gasteiger partial charge in [0.15, 0.2) is 0 Å². The van der Waals surface area contributed by atoms with Gasteiger partial charge in [0.2, 0.25) is 0 Å². The number of fused-ring (bicyclic) bond motifs is 10. The van der Waals surface area contributed by atoms with Gasteiger partial charge in [-0.25, -0.2) is 8.37 Å². The molecule has 8 aliphatic rings. The van der Waals surface area contributed by atoms with E-state index < -0.39 is 10.4 Å². The molecule has 0 bridgehead atoms. The fourth-order valence-electron chi connectivity index (χ4n) is 14.9. The van der Waals surface area contributed by atoms with Crippen LogP contribution < -0.4 is 0 Å². The molecule has 0 N–H and O–H groups in total. The van der Waals surface area contributed by atoms with E-state index in [1.165, 1.54) is 77.0 Å². The van der Waals surface area contributed by atoms with Crippen LogP contribution in [-0.4, -0.2) is 20.6 Å². The van der Waals surface area contributed by atoms with Crippen LogP contribution in [0.15, 0.2) is 0 Å². The van der Waals surface area contributed by atoms with Gasteiger partial charge < -0.3 is 0 Å². The molecule has 8 fully saturated rings. The highest BCUT2D eigenvalue weighted by Crippen LogP contribution is 2.65. The van der Waals surface area contributed by atoms with E-state index in [2.05, 4.69) is 27.7 Å². The van der Waals surface area contributed by atoms with Crippen LogP contribution in [0.1, 0.15) is 143 Å². The van der Waals surface area contributed by atoms with E-state index in [1.807, 2.05) is 0 Å². The highest BCUT2D eigenvalue weighted by molar-refractivity contribution is 7.81. The minimum Gasteiger partial charge on any atom is -0.245 e. The maximum absolute atomic E-state index is 13.4. The normalized spacial score (nSPS) is 56.2. The predicted molar refractivity (Wildman–Crippen MR) is 171 cm³/mol. The summed E-state index contributed by atoms with van der Waals surface area (Å²) < 4.78 is 38.6. The zero-order valence-electron chi connectivity index (χ0n) is 27.9. The first-order chi connectivity index (χ1) is 20.6. The zero-order valence-corrected chi connectivity index (χ0v) is 28.7. The van der Waals surface area contributed by atoms with E-state index in [-0.39, 0.29) is 12.2 Å². The smallest absolute Gasteiger partial charge is 0.245 e. The van der Waals surface area contributed by atoms with Crippen LogP contribution in [0.3, 0.4) is 0 Å². The third-order valence-electron chi connectivity index (χ3n) is 17.1. The minimum atomic E-state index is -3.98. The van der Waals surface area contributed by atoms with Gasteiger partial charge in [0.25, 0.3) is 0 Å². The lowest BCUT2D eigenvalue weighted by molar-refractivity contribution is -0.111. The van der Waals surface area contributed by atoms with Crippen LogP contribution in [0, 0.1) is 81.8 Å². The molecule has 16 atom stereocenters. The highest BCUT2D eigenvalue weighted by atomic mass is 32.3. The van der Waals surface area contributed by atoms with Crippen molar-refractivity contribution in [2.45, 2.75) is 155 Å². The Kier molecular flexibility index (Phi) is 7.70. The molecule has 0 aromatic carbocycles. The van der Waals surface area contributed by atoms with Gasteiger partial charge in [0.05, 0.1) is 12.2 Å². The van der Waals surface area contributed by atoms with Crippen molar-refractivity contribution in [3.8, 4) is 0 Å². The van der Waals surface area contributed by atoms with Crippen LogP contribution >= 0.6 is 0 Å². The predicted octanol–water partition coefficient (Wildman–Crippen LogP) is 9.58. The summed E-state index contributed by atoms with van der Waals surface area (Å²) in [4.78, 5) is 0. The average molecular weight is 615 g/mol. The van der Waals surface area contributed by atoms with Crippen LogP contribution in [0.4, 0.5) is 0 Å². The first-order valence-corrected chi connectivity index (χ1v) is 20.5. The summed E-state index contributed by atoms with van der Waals surface area (Å²) in [5.41, 5.74) is 0.735. The molecule has 0 heterocycles. The second kappa shape index (κ2) is 11.0. The molecule has 0 radical (unpaired) electrons. The third-order valence-corrected chi connectivity index (χ3v) is 18.1. The molecule has 5 heteroatoms. The summed E-state index contributed by atoms with van der Waals surface area (Å²) >= 11 is 0. The second-order valence-electron chi connectivity index (χ2n) is 18.4. The molecular weight excluding hydrogens is 552 g/mol. The number of hydrogen-bond donors (Lipinski definition) is 0. The topological polar surface area (TPSA) is 52.6 Å². The highest BCUT2D eigenvalue weighted by Gasteiger charge is 2.58. The quantitative estimate of drug-likeness (QED) is 0.316. The Labute approximate surface area is 263 Å². The summed E-state index contributed by atoms with van der Waals surface area (Å²) in [5, 5.41) is 0. The minimum absolute atomic E-state index is 0.198. The standard InChI is InChI=1S/C38H62O4S/c1-23-5-9-31-29(23)13-15-35-33(31)11-7-25-21-27(17-19-37(25,35)3)41-43(39,40)42-28-18-20-38(4)26(22-28)8-12-34-32-10-6-24(2)30(32)14-16-36(34)38/h23-36H,5-22H2,1-4H3/t23-,24-,25-,26-,27-,28-,29+,30+,31-,32-,33-,34-,35+,36+,37+,38+/m1/s1. The Morgan fingerprint density at radius 3 is 1.33 bits per heavy atom. The van der Waals surface area contributed by atoms with E-state index in [4.69, 9.17) is 8.37 Å². The van der Waals surface area contributed by atoms with Gasteiger partial charge in [-0.2, -0.15) is 8.42 Å². The molecule has 244 valence electrons. The molecule has 0 aromatic rings. The van der Waals surface area contributed by atoms with Gasteiger partial charge in [0.1, 0.15) is 0 Å². The summed E-state index contributed by atoms with van der Waals surface area (Å²) in [6.45, 7) is 10.1. The average Bonchev–Trinajstić information content (AvgIpc) is 3.55. The summed E-state index contributed by atoms with van der Waals surface area (Å²) in [6.07, 6.45) is 22.1. The lowest BCUT2D eigenvalue weighted by Gasteiger charge is -2.59. The van der Waals surface area contributed by atoms with Gasteiger partial charge >= 0.3 is 10.4 Å². The van der Waals surface area contributed by atoms with E-state index in [9.17, 15) is 8.42 Å². The maximum atomic E-state index is 13.4. The molecule has 0 saturated heterocycles. The van der Waals surface area contributed by atoms with Gasteiger partial charge in [-0.15, -0.1) is 0 Å². The van der Waals surface area contributed by atoms with Crippen LogP contribution in [-0.2, 0) is 18.8 Å². The van der Waals surface area contributed by atoms with Crippen molar-refractivity contribution >= 4 is 10.4 Å². The fraction of sp³-hybridized carbons (Fsp3) is 1.00. The molecule has 8 aliphatic carbocycles. The SMILES string of the molecule is C[C@@H]1CC[C@@H]2[C@H]1CC[C@H]1[C@@H]2CC[C@@H]2C[C@H](OS(=O)(=O)O[C@@H]3CC[C@@]4(C)[C@H](CC[C@@H]5[C@@H]6CC[C@@H](C)[C@@H]6CC[C@@H]54)C3)CC[C@@]21C. The molecular formula is C38H62O4S. The third kappa shape index (κ3) is 4.96. The molecule has 0 aromatic heterocycles. The second-order valence-corrected chi connectivity index (χ2v) is 19.6. The first-order valence-electron chi connectivity index (χ1n) is 19.2. The summed E-state index contributed by atoms with van der Waals surface area (Å²) in [6, 6.07) is 0. The monoisotopic (exact) mass is 614 g/mol. The van der Waals surface area contributed by atoms with Gasteiger partial charge in [-0.05, 0) is 185 Å². The Morgan fingerprint density at radius 2 is 0.884 bits per heavy atom.